The Balaban J connectivity index is 0.000000456. The van der Waals surface area contributed by atoms with E-state index < -0.39 is 0 Å². The number of rotatable bonds is 5. The number of imidazole rings is 1. The van der Waals surface area contributed by atoms with Crippen molar-refractivity contribution in [1.82, 2.24) is 24.8 Å². The van der Waals surface area contributed by atoms with E-state index in [0.29, 0.717) is 11.6 Å². The van der Waals surface area contributed by atoms with Crippen LogP contribution >= 0.6 is 0 Å². The molecule has 1 aliphatic rings. The minimum Gasteiger partial charge on any atom is -0.393 e. The second kappa shape index (κ2) is 10.3. The molecule has 28 heavy (non-hydrogen) atoms. The zero-order valence-electron chi connectivity index (χ0n) is 17.2. The molecule has 1 aliphatic carbocycles. The van der Waals surface area contributed by atoms with Crippen LogP contribution in [0.15, 0.2) is 24.8 Å². The van der Waals surface area contributed by atoms with E-state index in [0.717, 1.165) is 18.5 Å². The van der Waals surface area contributed by atoms with Gasteiger partial charge in [-0.2, -0.15) is 0 Å². The van der Waals surface area contributed by atoms with Crippen LogP contribution in [0.3, 0.4) is 0 Å². The van der Waals surface area contributed by atoms with E-state index in [1.807, 2.05) is 20.8 Å². The molecule has 0 unspecified atom stereocenters. The van der Waals surface area contributed by atoms with Crippen LogP contribution in [0.4, 0.5) is 0 Å². The average molecular weight is 392 g/mol. The summed E-state index contributed by atoms with van der Waals surface area (Å²) in [6.07, 6.45) is 10.8. The average Bonchev–Trinajstić information content (AvgIpc) is 3.24. The molecular weight excluding hydrogens is 358 g/mol. The second-order valence-corrected chi connectivity index (χ2v) is 7.59. The number of nitrogens with one attached hydrogen (secondary N) is 1. The first kappa shape index (κ1) is 22.0. The Hall–Kier alpha value is -2.32. The maximum atomic E-state index is 12.4. The van der Waals surface area contributed by atoms with Gasteiger partial charge in [-0.15, -0.1) is 0 Å². The van der Waals surface area contributed by atoms with Crippen LogP contribution in [0, 0.1) is 6.92 Å². The Kier molecular flexibility index (Phi) is 8.07. The molecule has 0 bridgehead atoms. The SMILES string of the molecule is COC(C)(C)CO.Cc1cc(C(=O)NC2CCCCC2)nc(-n2ccnc2)n1.[HH]. The topological polar surface area (TPSA) is 102 Å². The smallest absolute Gasteiger partial charge is 0.270 e. The van der Waals surface area contributed by atoms with E-state index in [4.69, 9.17) is 9.84 Å². The maximum absolute atomic E-state index is 12.4. The molecule has 2 aromatic rings. The first-order valence-electron chi connectivity index (χ1n) is 9.65. The molecule has 3 rings (SSSR count). The Morgan fingerprint density at radius 3 is 2.61 bits per heavy atom. The Labute approximate surface area is 167 Å². The monoisotopic (exact) mass is 391 g/mol. The minimum atomic E-state index is -0.361. The van der Waals surface area contributed by atoms with Crippen molar-refractivity contribution in [1.29, 1.82) is 0 Å². The molecule has 0 aliphatic heterocycles. The third-order valence-corrected chi connectivity index (χ3v) is 4.68. The van der Waals surface area contributed by atoms with Crippen molar-refractivity contribution in [2.24, 2.45) is 0 Å². The van der Waals surface area contributed by atoms with E-state index >= 15 is 0 Å². The number of ether oxygens (including phenoxy) is 1. The number of aromatic nitrogens is 4. The van der Waals surface area contributed by atoms with E-state index in [2.05, 4.69) is 20.3 Å². The zero-order valence-corrected chi connectivity index (χ0v) is 17.2. The van der Waals surface area contributed by atoms with Gasteiger partial charge in [0.25, 0.3) is 5.91 Å². The molecule has 0 aromatic carbocycles. The molecular formula is C20H33N5O3. The fourth-order valence-corrected chi connectivity index (χ4v) is 2.73. The summed E-state index contributed by atoms with van der Waals surface area (Å²) < 4.78 is 6.54. The number of aliphatic hydroxyl groups excluding tert-OH is 1. The molecule has 0 radical (unpaired) electrons. The van der Waals surface area contributed by atoms with Gasteiger partial charge in [0, 0.05) is 32.7 Å². The van der Waals surface area contributed by atoms with Crippen LogP contribution in [0.25, 0.3) is 5.95 Å². The van der Waals surface area contributed by atoms with Gasteiger partial charge in [-0.1, -0.05) is 19.3 Å². The summed E-state index contributed by atoms with van der Waals surface area (Å²) in [7, 11) is 1.58. The Morgan fingerprint density at radius 2 is 2.07 bits per heavy atom. The minimum absolute atomic E-state index is 0. The molecule has 2 N–H and O–H groups in total. The Morgan fingerprint density at radius 1 is 1.36 bits per heavy atom. The number of hydrogen-bond acceptors (Lipinski definition) is 6. The molecule has 8 heteroatoms. The van der Waals surface area contributed by atoms with Gasteiger partial charge in [0.05, 0.1) is 12.2 Å². The number of nitrogens with zero attached hydrogens (tertiary/aromatic N) is 4. The third kappa shape index (κ3) is 6.69. The van der Waals surface area contributed by atoms with Crippen molar-refractivity contribution in [3.8, 4) is 5.95 Å². The standard InChI is InChI=1S/C15H19N5O.C5H12O2.H2/c1-11-9-13(14(21)18-12-5-3-2-4-6-12)19-15(17-11)20-8-7-16-10-20;1-5(2,4-6)7-3;/h7-10,12H,2-6H2,1H3,(H,18,21);6H,4H2,1-3H3;1H. The molecule has 1 fully saturated rings. The summed E-state index contributed by atoms with van der Waals surface area (Å²) in [5.74, 6) is 0.357. The molecule has 0 atom stereocenters. The van der Waals surface area contributed by atoms with Gasteiger partial charge < -0.3 is 15.2 Å². The molecule has 8 nitrogen and oxygen atoms in total. The first-order valence-corrected chi connectivity index (χ1v) is 9.65. The van der Waals surface area contributed by atoms with Crippen LogP contribution < -0.4 is 5.32 Å². The van der Waals surface area contributed by atoms with Crippen molar-refractivity contribution in [3.63, 3.8) is 0 Å². The predicted molar refractivity (Wildman–Crippen MR) is 109 cm³/mol. The highest BCUT2D eigenvalue weighted by atomic mass is 16.5. The molecule has 2 heterocycles. The maximum Gasteiger partial charge on any atom is 0.270 e. The normalized spacial score (nSPS) is 14.9. The van der Waals surface area contributed by atoms with Crippen molar-refractivity contribution in [3.05, 3.63) is 36.2 Å². The number of aryl methyl sites for hydroxylation is 1. The first-order chi connectivity index (χ1) is 13.3. The highest BCUT2D eigenvalue weighted by molar-refractivity contribution is 5.92. The van der Waals surface area contributed by atoms with E-state index in [9.17, 15) is 4.79 Å². The zero-order chi connectivity index (χ0) is 20.6. The molecule has 1 amide bonds. The van der Waals surface area contributed by atoms with Gasteiger partial charge in [0.15, 0.2) is 0 Å². The van der Waals surface area contributed by atoms with Crippen LogP contribution in [0.5, 0.6) is 0 Å². The van der Waals surface area contributed by atoms with Crippen LogP contribution in [-0.2, 0) is 4.74 Å². The fourth-order valence-electron chi connectivity index (χ4n) is 2.73. The molecule has 0 saturated heterocycles. The lowest BCUT2D eigenvalue weighted by Crippen LogP contribution is -2.36. The largest absolute Gasteiger partial charge is 0.393 e. The van der Waals surface area contributed by atoms with Crippen molar-refractivity contribution < 1.29 is 16.1 Å². The van der Waals surface area contributed by atoms with Crippen molar-refractivity contribution in [2.45, 2.75) is 64.5 Å². The van der Waals surface area contributed by atoms with Gasteiger partial charge in [-0.25, -0.2) is 15.0 Å². The highest BCUT2D eigenvalue weighted by Crippen LogP contribution is 2.18. The fraction of sp³-hybridized carbons (Fsp3) is 0.600. The van der Waals surface area contributed by atoms with Gasteiger partial charge in [-0.3, -0.25) is 9.36 Å². The molecule has 156 valence electrons. The summed E-state index contributed by atoms with van der Waals surface area (Å²) in [5.41, 5.74) is 0.819. The number of amides is 1. The second-order valence-electron chi connectivity index (χ2n) is 7.59. The number of aliphatic hydroxyl groups is 1. The predicted octanol–water partition coefficient (Wildman–Crippen LogP) is 2.68. The van der Waals surface area contributed by atoms with E-state index in [1.165, 1.54) is 19.3 Å². The van der Waals surface area contributed by atoms with Crippen LogP contribution in [0.1, 0.15) is 63.6 Å². The third-order valence-electron chi connectivity index (χ3n) is 4.68. The van der Waals surface area contributed by atoms with Crippen LogP contribution in [-0.4, -0.2) is 55.9 Å². The summed E-state index contributed by atoms with van der Waals surface area (Å²) in [4.78, 5) is 25.0. The summed E-state index contributed by atoms with van der Waals surface area (Å²) in [6.45, 7) is 5.59. The van der Waals surface area contributed by atoms with Gasteiger partial charge in [0.1, 0.15) is 12.0 Å². The molecule has 2 aromatic heterocycles. The summed E-state index contributed by atoms with van der Waals surface area (Å²) in [6, 6.07) is 2.00. The highest BCUT2D eigenvalue weighted by Gasteiger charge is 2.18. The van der Waals surface area contributed by atoms with Crippen LogP contribution in [0.2, 0.25) is 0 Å². The summed E-state index contributed by atoms with van der Waals surface area (Å²) in [5, 5.41) is 11.5. The number of hydrogen-bond donors (Lipinski definition) is 2. The van der Waals surface area contributed by atoms with Gasteiger partial charge >= 0.3 is 0 Å². The Bertz CT molecular complexity index is 741. The van der Waals surface area contributed by atoms with Crippen molar-refractivity contribution in [2.75, 3.05) is 13.7 Å². The van der Waals surface area contributed by atoms with E-state index in [1.54, 1.807) is 36.5 Å². The van der Waals surface area contributed by atoms with Crippen molar-refractivity contribution >= 4 is 5.91 Å². The number of carbonyl (C=O) groups is 1. The lowest BCUT2D eigenvalue weighted by atomic mass is 9.95. The van der Waals surface area contributed by atoms with Gasteiger partial charge in [-0.05, 0) is 39.7 Å². The lowest BCUT2D eigenvalue weighted by molar-refractivity contribution is -0.0226. The summed E-state index contributed by atoms with van der Waals surface area (Å²) >= 11 is 0. The van der Waals surface area contributed by atoms with Gasteiger partial charge in [0.2, 0.25) is 5.95 Å². The number of carbonyl (C=O) groups excluding carboxylic acids is 1. The molecule has 1 saturated carbocycles. The van der Waals surface area contributed by atoms with E-state index in [-0.39, 0.29) is 25.6 Å². The lowest BCUT2D eigenvalue weighted by Gasteiger charge is -2.22. The molecule has 0 spiro atoms. The number of methoxy groups -OCH3 is 1. The quantitative estimate of drug-likeness (QED) is 0.812.